The van der Waals surface area contributed by atoms with Crippen molar-refractivity contribution in [3.05, 3.63) is 39.6 Å². The first kappa shape index (κ1) is 13.9. The molecule has 0 aliphatic heterocycles. The summed E-state index contributed by atoms with van der Waals surface area (Å²) in [5, 5.41) is 11.5. The Morgan fingerprint density at radius 2 is 2.15 bits per heavy atom. The molecule has 0 radical (unpaired) electrons. The number of thiazole rings is 1. The fourth-order valence-electron chi connectivity index (χ4n) is 1.69. The van der Waals surface area contributed by atoms with Crippen molar-refractivity contribution in [2.75, 3.05) is 12.8 Å². The van der Waals surface area contributed by atoms with Crippen LogP contribution in [0.2, 0.25) is 0 Å². The van der Waals surface area contributed by atoms with Gasteiger partial charge in [-0.2, -0.15) is 0 Å². The molecular weight excluding hydrogens is 282 g/mol. The molecule has 7 nitrogen and oxygen atoms in total. The number of anilines is 1. The van der Waals surface area contributed by atoms with Crippen LogP contribution in [0.5, 0.6) is 0 Å². The average Bonchev–Trinajstić information content (AvgIpc) is 2.79. The fraction of sp³-hybridized carbons (Fsp3) is 0.167. The van der Waals surface area contributed by atoms with E-state index in [2.05, 4.69) is 9.72 Å². The topological polar surface area (TPSA) is 108 Å². The maximum atomic E-state index is 11.5. The third kappa shape index (κ3) is 2.59. The maximum absolute atomic E-state index is 11.5. The van der Waals surface area contributed by atoms with Crippen LogP contribution < -0.4 is 5.73 Å². The molecule has 2 aromatic rings. The minimum atomic E-state index is -0.632. The summed E-state index contributed by atoms with van der Waals surface area (Å²) >= 11 is 1.08. The number of methoxy groups -OCH3 is 1. The lowest BCUT2D eigenvalue weighted by atomic mass is 10.1. The zero-order chi connectivity index (χ0) is 14.9. The third-order valence-electron chi connectivity index (χ3n) is 2.55. The molecule has 0 bridgehead atoms. The smallest absolute Gasteiger partial charge is 0.359 e. The maximum Gasteiger partial charge on any atom is 0.359 e. The molecule has 1 aromatic carbocycles. The summed E-state index contributed by atoms with van der Waals surface area (Å²) in [6, 6.07) is 4.60. The molecular formula is C12H11N3O4S. The lowest BCUT2D eigenvalue weighted by Crippen LogP contribution is -2.04. The molecule has 20 heavy (non-hydrogen) atoms. The van der Waals surface area contributed by atoms with Crippen LogP contribution in [0.4, 0.5) is 10.7 Å². The molecule has 8 heteroatoms. The van der Waals surface area contributed by atoms with E-state index in [9.17, 15) is 14.9 Å². The summed E-state index contributed by atoms with van der Waals surface area (Å²) in [5.74, 6) is -0.632. The second kappa shape index (κ2) is 5.25. The molecule has 2 rings (SSSR count). The number of aromatic nitrogens is 1. The predicted octanol–water partition coefficient (Wildman–Crippen LogP) is 2.40. The zero-order valence-corrected chi connectivity index (χ0v) is 11.6. The number of nitrogen functional groups attached to an aromatic ring is 1. The van der Waals surface area contributed by atoms with E-state index >= 15 is 0 Å². The lowest BCUT2D eigenvalue weighted by Gasteiger charge is -1.99. The molecule has 0 atom stereocenters. The highest BCUT2D eigenvalue weighted by atomic mass is 32.1. The summed E-state index contributed by atoms with van der Waals surface area (Å²) in [5.41, 5.74) is 6.97. The molecule has 1 heterocycles. The predicted molar refractivity (Wildman–Crippen MR) is 74.7 cm³/mol. The summed E-state index contributed by atoms with van der Waals surface area (Å²) < 4.78 is 4.57. The summed E-state index contributed by atoms with van der Waals surface area (Å²) in [7, 11) is 1.23. The van der Waals surface area contributed by atoms with Crippen LogP contribution in [0.1, 0.15) is 16.1 Å². The molecule has 0 amide bonds. The number of nitro groups is 1. The number of carbonyl (C=O) groups is 1. The highest BCUT2D eigenvalue weighted by molar-refractivity contribution is 7.19. The van der Waals surface area contributed by atoms with Gasteiger partial charge in [-0.3, -0.25) is 10.1 Å². The van der Waals surface area contributed by atoms with E-state index in [1.165, 1.54) is 19.2 Å². The van der Waals surface area contributed by atoms with E-state index in [0.29, 0.717) is 10.6 Å². The molecule has 1 aromatic heterocycles. The first-order valence-corrected chi connectivity index (χ1v) is 6.35. The highest BCUT2D eigenvalue weighted by Gasteiger charge is 2.19. The van der Waals surface area contributed by atoms with Crippen LogP contribution >= 0.6 is 11.3 Å². The first-order chi connectivity index (χ1) is 9.42. The Labute approximate surface area is 118 Å². The van der Waals surface area contributed by atoms with Crippen molar-refractivity contribution in [1.29, 1.82) is 0 Å². The van der Waals surface area contributed by atoms with Crippen molar-refractivity contribution < 1.29 is 14.5 Å². The SMILES string of the molecule is COC(=O)c1nc(-c2cc(C)cc([N+](=O)[O-])c2)sc1N. The van der Waals surface area contributed by atoms with Gasteiger partial charge < -0.3 is 10.5 Å². The normalized spacial score (nSPS) is 10.3. The van der Waals surface area contributed by atoms with Crippen LogP contribution in [-0.2, 0) is 4.74 Å². The number of carbonyl (C=O) groups excluding carboxylic acids is 1. The van der Waals surface area contributed by atoms with E-state index in [-0.39, 0.29) is 16.4 Å². The second-order valence-corrected chi connectivity index (χ2v) is 5.07. The van der Waals surface area contributed by atoms with Gasteiger partial charge in [-0.25, -0.2) is 9.78 Å². The molecule has 0 saturated carbocycles. The average molecular weight is 293 g/mol. The number of nitro benzene ring substituents is 1. The van der Waals surface area contributed by atoms with E-state index in [0.717, 1.165) is 16.9 Å². The van der Waals surface area contributed by atoms with E-state index in [1.807, 2.05) is 0 Å². The van der Waals surface area contributed by atoms with Gasteiger partial charge in [-0.1, -0.05) is 11.3 Å². The van der Waals surface area contributed by atoms with Crippen LogP contribution in [-0.4, -0.2) is 23.0 Å². The van der Waals surface area contributed by atoms with Crippen LogP contribution in [0, 0.1) is 17.0 Å². The van der Waals surface area contributed by atoms with E-state index < -0.39 is 10.9 Å². The van der Waals surface area contributed by atoms with Crippen molar-refractivity contribution in [3.63, 3.8) is 0 Å². The Balaban J connectivity index is 2.52. The number of nitrogens with zero attached hydrogens (tertiary/aromatic N) is 2. The van der Waals surface area contributed by atoms with E-state index in [4.69, 9.17) is 5.73 Å². The monoisotopic (exact) mass is 293 g/mol. The Morgan fingerprint density at radius 1 is 1.45 bits per heavy atom. The van der Waals surface area contributed by atoms with Gasteiger partial charge in [-0.05, 0) is 18.6 Å². The number of ether oxygens (including phenoxy) is 1. The summed E-state index contributed by atoms with van der Waals surface area (Å²) in [6.45, 7) is 1.74. The van der Waals surface area contributed by atoms with Crippen molar-refractivity contribution in [2.24, 2.45) is 0 Å². The van der Waals surface area contributed by atoms with Gasteiger partial charge in [-0.15, -0.1) is 0 Å². The molecule has 0 fully saturated rings. The van der Waals surface area contributed by atoms with Gasteiger partial charge in [0.05, 0.1) is 12.0 Å². The van der Waals surface area contributed by atoms with Gasteiger partial charge >= 0.3 is 5.97 Å². The van der Waals surface area contributed by atoms with Gasteiger partial charge in [0.15, 0.2) is 5.69 Å². The molecule has 0 aliphatic rings. The second-order valence-electron chi connectivity index (χ2n) is 4.04. The molecule has 0 spiro atoms. The first-order valence-electron chi connectivity index (χ1n) is 5.53. The van der Waals surface area contributed by atoms with Crippen molar-refractivity contribution >= 4 is 28.0 Å². The number of hydrogen-bond donors (Lipinski definition) is 1. The Kier molecular flexibility index (Phi) is 3.66. The number of esters is 1. The minimum absolute atomic E-state index is 0.0247. The number of nitrogens with two attached hydrogens (primary N) is 1. The van der Waals surface area contributed by atoms with Gasteiger partial charge in [0.25, 0.3) is 5.69 Å². The molecule has 0 aliphatic carbocycles. The van der Waals surface area contributed by atoms with Gasteiger partial charge in [0.1, 0.15) is 10.0 Å². The fourth-order valence-corrected chi connectivity index (χ4v) is 2.50. The number of benzene rings is 1. The van der Waals surface area contributed by atoms with Crippen LogP contribution in [0.3, 0.4) is 0 Å². The molecule has 104 valence electrons. The molecule has 2 N–H and O–H groups in total. The lowest BCUT2D eigenvalue weighted by molar-refractivity contribution is -0.384. The standard InChI is InChI=1S/C12H11N3O4S/c1-6-3-7(5-8(4-6)15(17)18)11-14-9(10(13)20-11)12(16)19-2/h3-5H,13H2,1-2H3. The Morgan fingerprint density at radius 3 is 2.75 bits per heavy atom. The van der Waals surface area contributed by atoms with Crippen LogP contribution in [0.15, 0.2) is 18.2 Å². The summed E-state index contributed by atoms with van der Waals surface area (Å²) in [4.78, 5) is 25.9. The zero-order valence-electron chi connectivity index (χ0n) is 10.7. The quantitative estimate of drug-likeness (QED) is 0.528. The Bertz CT molecular complexity index is 696. The minimum Gasteiger partial charge on any atom is -0.464 e. The summed E-state index contributed by atoms with van der Waals surface area (Å²) in [6.07, 6.45) is 0. The molecule has 0 unspecified atom stereocenters. The highest BCUT2D eigenvalue weighted by Crippen LogP contribution is 2.32. The number of aryl methyl sites for hydroxylation is 1. The van der Waals surface area contributed by atoms with Crippen molar-refractivity contribution in [2.45, 2.75) is 6.92 Å². The van der Waals surface area contributed by atoms with Crippen LogP contribution in [0.25, 0.3) is 10.6 Å². The van der Waals surface area contributed by atoms with E-state index in [1.54, 1.807) is 13.0 Å². The Hall–Kier alpha value is -2.48. The number of rotatable bonds is 3. The third-order valence-corrected chi connectivity index (χ3v) is 3.49. The molecule has 0 saturated heterocycles. The largest absolute Gasteiger partial charge is 0.464 e. The van der Waals surface area contributed by atoms with Gasteiger partial charge in [0.2, 0.25) is 0 Å². The van der Waals surface area contributed by atoms with Gasteiger partial charge in [0, 0.05) is 17.7 Å². The number of non-ortho nitro benzene ring substituents is 1. The van der Waals surface area contributed by atoms with Crippen molar-refractivity contribution in [1.82, 2.24) is 4.98 Å². The van der Waals surface area contributed by atoms with Crippen molar-refractivity contribution in [3.8, 4) is 10.6 Å². The number of hydrogen-bond acceptors (Lipinski definition) is 7.